The molecule has 152 valence electrons. The summed E-state index contributed by atoms with van der Waals surface area (Å²) in [5.41, 5.74) is 5.63. The van der Waals surface area contributed by atoms with Crippen LogP contribution in [0.2, 0.25) is 0 Å². The van der Waals surface area contributed by atoms with Crippen LogP contribution in [-0.2, 0) is 23.6 Å². The Morgan fingerprint density at radius 2 is 1.53 bits per heavy atom. The van der Waals surface area contributed by atoms with Crippen molar-refractivity contribution in [3.05, 3.63) is 101 Å². The van der Waals surface area contributed by atoms with Crippen LogP contribution in [0.3, 0.4) is 0 Å². The van der Waals surface area contributed by atoms with Crippen LogP contribution in [0.5, 0.6) is 0 Å². The molecule has 0 radical (unpaired) electrons. The summed E-state index contributed by atoms with van der Waals surface area (Å²) in [4.78, 5) is 0.349. The van der Waals surface area contributed by atoms with Crippen molar-refractivity contribution >= 4 is 20.9 Å². The molecule has 5 heteroatoms. The molecule has 4 nitrogen and oxygen atoms in total. The van der Waals surface area contributed by atoms with E-state index in [1.807, 2.05) is 50.4 Å². The van der Waals surface area contributed by atoms with Crippen molar-refractivity contribution in [2.45, 2.75) is 24.3 Å². The van der Waals surface area contributed by atoms with Crippen molar-refractivity contribution in [1.82, 2.24) is 8.87 Å². The van der Waals surface area contributed by atoms with Gasteiger partial charge >= 0.3 is 0 Å². The van der Waals surface area contributed by atoms with Gasteiger partial charge in [0, 0.05) is 36.1 Å². The summed E-state index contributed by atoms with van der Waals surface area (Å²) in [5.74, 6) is -0.0127. The average Bonchev–Trinajstić information content (AvgIpc) is 3.07. The van der Waals surface area contributed by atoms with Crippen LogP contribution < -0.4 is 0 Å². The van der Waals surface area contributed by atoms with Gasteiger partial charge in [0.05, 0.1) is 11.4 Å². The minimum atomic E-state index is -3.60. The Kier molecular flexibility index (Phi) is 4.53. The predicted octanol–water partition coefficient (Wildman–Crippen LogP) is 4.82. The van der Waals surface area contributed by atoms with Gasteiger partial charge in [-0.1, -0.05) is 66.2 Å². The number of aryl methyl sites for hydroxylation is 2. The molecule has 4 aromatic rings. The highest BCUT2D eigenvalue weighted by atomic mass is 32.2. The van der Waals surface area contributed by atoms with Crippen molar-refractivity contribution in [3.8, 4) is 0 Å². The molecule has 5 rings (SSSR count). The maximum absolute atomic E-state index is 13.5. The molecule has 0 saturated heterocycles. The quantitative estimate of drug-likeness (QED) is 0.480. The lowest BCUT2D eigenvalue weighted by atomic mass is 9.87. The minimum absolute atomic E-state index is 0.0127. The number of nitrogens with zero attached hydrogens (tertiary/aromatic N) is 2. The number of sulfonamides is 1. The molecule has 0 spiro atoms. The van der Waals surface area contributed by atoms with Crippen molar-refractivity contribution in [2.75, 3.05) is 6.54 Å². The summed E-state index contributed by atoms with van der Waals surface area (Å²) in [6, 6.07) is 25.7. The Hall–Kier alpha value is -2.89. The molecule has 2 heterocycles. The number of para-hydroxylation sites is 1. The van der Waals surface area contributed by atoms with E-state index in [-0.39, 0.29) is 5.92 Å². The van der Waals surface area contributed by atoms with Gasteiger partial charge in [-0.15, -0.1) is 0 Å². The van der Waals surface area contributed by atoms with Crippen molar-refractivity contribution in [2.24, 2.45) is 7.05 Å². The fraction of sp³-hybridized carbons (Fsp3) is 0.200. The Bertz CT molecular complexity index is 1320. The van der Waals surface area contributed by atoms with Crippen LogP contribution in [0, 0.1) is 6.92 Å². The molecule has 30 heavy (non-hydrogen) atoms. The van der Waals surface area contributed by atoms with Crippen LogP contribution >= 0.6 is 0 Å². The third kappa shape index (κ3) is 2.97. The van der Waals surface area contributed by atoms with Gasteiger partial charge < -0.3 is 4.57 Å². The zero-order valence-corrected chi connectivity index (χ0v) is 17.9. The maximum Gasteiger partial charge on any atom is 0.243 e. The van der Waals surface area contributed by atoms with E-state index in [0.29, 0.717) is 18.0 Å². The summed E-state index contributed by atoms with van der Waals surface area (Å²) in [6.07, 6.45) is 0. The van der Waals surface area contributed by atoms with Crippen molar-refractivity contribution in [3.63, 3.8) is 0 Å². The molecule has 1 aliphatic rings. The second kappa shape index (κ2) is 7.11. The molecule has 1 atom stereocenters. The largest absolute Gasteiger partial charge is 0.346 e. The van der Waals surface area contributed by atoms with Crippen LogP contribution in [-0.4, -0.2) is 23.8 Å². The Morgan fingerprint density at radius 3 is 2.27 bits per heavy atom. The lowest BCUT2D eigenvalue weighted by molar-refractivity contribution is 0.364. The smallest absolute Gasteiger partial charge is 0.243 e. The summed E-state index contributed by atoms with van der Waals surface area (Å²) in [5, 5.41) is 1.20. The first kappa shape index (κ1) is 19.1. The first-order valence-electron chi connectivity index (χ1n) is 10.1. The Balaban J connectivity index is 1.69. The molecule has 0 bridgehead atoms. The second-order valence-corrected chi connectivity index (χ2v) is 9.95. The molecule has 0 fully saturated rings. The molecule has 0 N–H and O–H groups in total. The van der Waals surface area contributed by atoms with Crippen LogP contribution in [0.25, 0.3) is 10.9 Å². The molecule has 1 unspecified atom stereocenters. The fourth-order valence-electron chi connectivity index (χ4n) is 4.58. The lowest BCUT2D eigenvalue weighted by Crippen LogP contribution is -2.39. The number of aromatic nitrogens is 1. The van der Waals surface area contributed by atoms with E-state index >= 15 is 0 Å². The molecule has 1 aromatic heterocycles. The molecule has 0 aliphatic carbocycles. The topological polar surface area (TPSA) is 42.3 Å². The van der Waals surface area contributed by atoms with Gasteiger partial charge in [0.2, 0.25) is 10.0 Å². The number of fused-ring (bicyclic) bond motifs is 3. The highest BCUT2D eigenvalue weighted by Crippen LogP contribution is 2.41. The van der Waals surface area contributed by atoms with Gasteiger partial charge in [-0.05, 0) is 36.2 Å². The summed E-state index contributed by atoms with van der Waals surface area (Å²) >= 11 is 0. The highest BCUT2D eigenvalue weighted by Gasteiger charge is 2.37. The molecule has 3 aromatic carbocycles. The zero-order chi connectivity index (χ0) is 20.9. The molecule has 1 aliphatic heterocycles. The van der Waals surface area contributed by atoms with Gasteiger partial charge in [0.25, 0.3) is 0 Å². The number of hydrogen-bond acceptors (Lipinski definition) is 2. The summed E-state index contributed by atoms with van der Waals surface area (Å²) < 4.78 is 30.8. The first-order chi connectivity index (χ1) is 14.5. The molecular weight excluding hydrogens is 392 g/mol. The van der Waals surface area contributed by atoms with E-state index in [1.165, 1.54) is 10.9 Å². The van der Waals surface area contributed by atoms with Crippen LogP contribution in [0.1, 0.15) is 28.3 Å². The van der Waals surface area contributed by atoms with Gasteiger partial charge in [-0.2, -0.15) is 4.31 Å². The van der Waals surface area contributed by atoms with Gasteiger partial charge in [-0.25, -0.2) is 8.42 Å². The molecule has 0 saturated carbocycles. The SMILES string of the molecule is Cc1ccc(S(=O)(=O)N2Cc3c(c4ccccc4n3C)C(c3ccccc3)C2)cc1. The minimum Gasteiger partial charge on any atom is -0.346 e. The molecule has 0 amide bonds. The maximum atomic E-state index is 13.5. The fourth-order valence-corrected chi connectivity index (χ4v) is 6.00. The third-order valence-corrected chi connectivity index (χ3v) is 8.02. The first-order valence-corrected chi connectivity index (χ1v) is 11.6. The second-order valence-electron chi connectivity index (χ2n) is 8.01. The predicted molar refractivity (Wildman–Crippen MR) is 120 cm³/mol. The number of benzene rings is 3. The van der Waals surface area contributed by atoms with E-state index < -0.39 is 10.0 Å². The van der Waals surface area contributed by atoms with Crippen LogP contribution in [0.15, 0.2) is 83.8 Å². The Labute approximate surface area is 177 Å². The number of hydrogen-bond donors (Lipinski definition) is 0. The standard InChI is InChI=1S/C25H24N2O2S/c1-18-12-14-20(15-13-18)30(28,29)27-16-22(19-8-4-3-5-9-19)25-21-10-6-7-11-23(21)26(2)24(25)17-27/h3-15,22H,16-17H2,1-2H3. The van der Waals surface area contributed by atoms with Gasteiger partial charge in [0.15, 0.2) is 0 Å². The number of rotatable bonds is 3. The van der Waals surface area contributed by atoms with E-state index in [2.05, 4.69) is 34.9 Å². The summed E-state index contributed by atoms with van der Waals surface area (Å²) in [6.45, 7) is 2.77. The lowest BCUT2D eigenvalue weighted by Gasteiger charge is -2.33. The Morgan fingerprint density at radius 1 is 0.867 bits per heavy atom. The van der Waals surface area contributed by atoms with E-state index in [0.717, 1.165) is 22.3 Å². The monoisotopic (exact) mass is 416 g/mol. The summed E-state index contributed by atoms with van der Waals surface area (Å²) in [7, 11) is -1.56. The zero-order valence-electron chi connectivity index (χ0n) is 17.1. The van der Waals surface area contributed by atoms with Crippen molar-refractivity contribution in [1.29, 1.82) is 0 Å². The normalized spacial score (nSPS) is 17.2. The third-order valence-electron chi connectivity index (χ3n) is 6.19. The van der Waals surface area contributed by atoms with E-state index in [4.69, 9.17) is 0 Å². The van der Waals surface area contributed by atoms with Crippen molar-refractivity contribution < 1.29 is 8.42 Å². The van der Waals surface area contributed by atoms with E-state index in [9.17, 15) is 8.42 Å². The average molecular weight is 417 g/mol. The van der Waals surface area contributed by atoms with E-state index in [1.54, 1.807) is 16.4 Å². The van der Waals surface area contributed by atoms with Crippen LogP contribution in [0.4, 0.5) is 0 Å². The van der Waals surface area contributed by atoms with Gasteiger partial charge in [-0.3, -0.25) is 0 Å². The molecular formula is C25H24N2O2S. The van der Waals surface area contributed by atoms with Gasteiger partial charge in [0.1, 0.15) is 0 Å². The highest BCUT2D eigenvalue weighted by molar-refractivity contribution is 7.89.